The zero-order valence-electron chi connectivity index (χ0n) is 16.4. The fraction of sp³-hybridized carbons (Fsp3) is 0.364. The molecule has 1 unspecified atom stereocenters. The van der Waals surface area contributed by atoms with Crippen LogP contribution in [-0.4, -0.2) is 46.7 Å². The number of benzene rings is 1. The molecule has 1 aliphatic rings. The maximum atomic E-state index is 13.3. The van der Waals surface area contributed by atoms with Crippen molar-refractivity contribution in [3.63, 3.8) is 0 Å². The van der Waals surface area contributed by atoms with Gasteiger partial charge in [0.2, 0.25) is 5.91 Å². The summed E-state index contributed by atoms with van der Waals surface area (Å²) in [5.74, 6) is -0.0408. The highest BCUT2D eigenvalue weighted by Gasteiger charge is 2.29. The van der Waals surface area contributed by atoms with Gasteiger partial charge in [0.05, 0.1) is 13.2 Å². The van der Waals surface area contributed by atoms with Gasteiger partial charge in [0.25, 0.3) is 0 Å². The third kappa shape index (κ3) is 3.66. The summed E-state index contributed by atoms with van der Waals surface area (Å²) in [5, 5.41) is 4.26. The van der Waals surface area contributed by atoms with Crippen molar-refractivity contribution in [1.82, 2.24) is 14.5 Å². The number of ether oxygens (including phenoxy) is 1. The first-order chi connectivity index (χ1) is 13.7. The predicted octanol–water partition coefficient (Wildman–Crippen LogP) is 3.38. The normalized spacial score (nSPS) is 16.2. The van der Waals surface area contributed by atoms with Crippen LogP contribution in [0.2, 0.25) is 0 Å². The van der Waals surface area contributed by atoms with Gasteiger partial charge in [-0.05, 0) is 49.7 Å². The van der Waals surface area contributed by atoms with E-state index in [0.717, 1.165) is 36.3 Å². The molecule has 146 valence electrons. The molecule has 6 heteroatoms. The van der Waals surface area contributed by atoms with E-state index in [1.54, 1.807) is 12.4 Å². The van der Waals surface area contributed by atoms with Crippen molar-refractivity contribution in [1.29, 1.82) is 0 Å². The quantitative estimate of drug-likeness (QED) is 0.739. The van der Waals surface area contributed by atoms with Gasteiger partial charge in [0, 0.05) is 54.3 Å². The molecule has 1 aliphatic heterocycles. The number of amides is 1. The summed E-state index contributed by atoms with van der Waals surface area (Å²) in [5.41, 5.74) is 4.13. The molecule has 28 heavy (non-hydrogen) atoms. The molecule has 1 fully saturated rings. The van der Waals surface area contributed by atoms with Gasteiger partial charge in [-0.3, -0.25) is 14.7 Å². The van der Waals surface area contributed by atoms with Crippen LogP contribution in [0, 0.1) is 6.92 Å². The van der Waals surface area contributed by atoms with Gasteiger partial charge in [0.1, 0.15) is 6.04 Å². The number of anilines is 1. The van der Waals surface area contributed by atoms with E-state index >= 15 is 0 Å². The fourth-order valence-electron chi connectivity index (χ4n) is 4.02. The predicted molar refractivity (Wildman–Crippen MR) is 110 cm³/mol. The number of aromatic nitrogens is 2. The Morgan fingerprint density at radius 3 is 2.79 bits per heavy atom. The minimum Gasteiger partial charge on any atom is -0.379 e. The second-order valence-corrected chi connectivity index (χ2v) is 7.13. The Morgan fingerprint density at radius 1 is 1.25 bits per heavy atom. The second-order valence-electron chi connectivity index (χ2n) is 7.13. The Morgan fingerprint density at radius 2 is 2.07 bits per heavy atom. The highest BCUT2D eigenvalue weighted by atomic mass is 16.5. The Kier molecular flexibility index (Phi) is 5.41. The van der Waals surface area contributed by atoms with Gasteiger partial charge in [-0.25, -0.2) is 0 Å². The topological polar surface area (TPSA) is 59.4 Å². The van der Waals surface area contributed by atoms with E-state index in [4.69, 9.17) is 4.74 Å². The Labute approximate surface area is 165 Å². The maximum Gasteiger partial charge on any atom is 0.246 e. The number of pyridine rings is 1. The van der Waals surface area contributed by atoms with Crippen LogP contribution in [0.25, 0.3) is 10.9 Å². The van der Waals surface area contributed by atoms with Crippen molar-refractivity contribution >= 4 is 22.5 Å². The fourth-order valence-corrected chi connectivity index (χ4v) is 4.02. The van der Waals surface area contributed by atoms with Crippen LogP contribution in [0.3, 0.4) is 0 Å². The van der Waals surface area contributed by atoms with Crippen LogP contribution in [0.4, 0.5) is 5.69 Å². The molecule has 0 aliphatic carbocycles. The largest absolute Gasteiger partial charge is 0.379 e. The van der Waals surface area contributed by atoms with Crippen LogP contribution >= 0.6 is 0 Å². The van der Waals surface area contributed by atoms with Crippen LogP contribution in [0.1, 0.15) is 24.2 Å². The van der Waals surface area contributed by atoms with Crippen molar-refractivity contribution in [2.24, 2.45) is 0 Å². The standard InChI is InChI=1S/C22H26N4O2/c1-3-26-16(2)13-18-14-19(6-7-20(18)26)24-22(27)21(17-5-4-8-23-15-17)25-9-11-28-12-10-25/h4-8,13-15,21H,3,9-12H2,1-2H3,(H,24,27). The Bertz CT molecular complexity index is 961. The molecule has 1 aromatic carbocycles. The number of carbonyl (C=O) groups excluding carboxylic acids is 1. The maximum absolute atomic E-state index is 13.3. The number of rotatable bonds is 5. The molecule has 1 amide bonds. The summed E-state index contributed by atoms with van der Waals surface area (Å²) in [4.78, 5) is 19.6. The molecular weight excluding hydrogens is 352 g/mol. The summed E-state index contributed by atoms with van der Waals surface area (Å²) in [7, 11) is 0. The Balaban J connectivity index is 1.61. The molecule has 2 aromatic heterocycles. The minimum absolute atomic E-state index is 0.0408. The van der Waals surface area contributed by atoms with Crippen LogP contribution in [-0.2, 0) is 16.1 Å². The molecule has 0 saturated carbocycles. The number of morpholine rings is 1. The van der Waals surface area contributed by atoms with Gasteiger partial charge in [0.15, 0.2) is 0 Å². The number of hydrogen-bond donors (Lipinski definition) is 1. The first-order valence-corrected chi connectivity index (χ1v) is 9.80. The van der Waals surface area contributed by atoms with E-state index in [1.807, 2.05) is 24.3 Å². The molecule has 1 atom stereocenters. The van der Waals surface area contributed by atoms with Crippen molar-refractivity contribution in [2.75, 3.05) is 31.6 Å². The van der Waals surface area contributed by atoms with Crippen LogP contribution in [0.5, 0.6) is 0 Å². The summed E-state index contributed by atoms with van der Waals surface area (Å²) in [6.45, 7) is 7.91. The van der Waals surface area contributed by atoms with Gasteiger partial charge in [-0.2, -0.15) is 0 Å². The third-order valence-electron chi connectivity index (χ3n) is 5.35. The number of aryl methyl sites for hydroxylation is 2. The molecule has 0 spiro atoms. The van der Waals surface area contributed by atoms with Crippen molar-refractivity contribution in [2.45, 2.75) is 26.4 Å². The zero-order valence-corrected chi connectivity index (χ0v) is 16.4. The number of hydrogen-bond acceptors (Lipinski definition) is 4. The first kappa shape index (κ1) is 18.7. The lowest BCUT2D eigenvalue weighted by molar-refractivity contribution is -0.123. The van der Waals surface area contributed by atoms with Crippen molar-refractivity contribution < 1.29 is 9.53 Å². The average Bonchev–Trinajstić information content (AvgIpc) is 3.04. The first-order valence-electron chi connectivity index (χ1n) is 9.80. The molecular formula is C22H26N4O2. The molecule has 3 heterocycles. The molecule has 1 saturated heterocycles. The summed E-state index contributed by atoms with van der Waals surface area (Å²) < 4.78 is 7.74. The molecule has 0 bridgehead atoms. The molecule has 4 rings (SSSR count). The van der Waals surface area contributed by atoms with E-state index in [2.05, 4.69) is 45.7 Å². The lowest BCUT2D eigenvalue weighted by Crippen LogP contribution is -2.43. The molecule has 6 nitrogen and oxygen atoms in total. The lowest BCUT2D eigenvalue weighted by atomic mass is 10.1. The number of carbonyl (C=O) groups is 1. The van der Waals surface area contributed by atoms with Crippen molar-refractivity contribution in [3.8, 4) is 0 Å². The molecule has 3 aromatic rings. The summed E-state index contributed by atoms with van der Waals surface area (Å²) in [6.07, 6.45) is 3.50. The zero-order chi connectivity index (χ0) is 19.5. The van der Waals surface area contributed by atoms with Gasteiger partial charge < -0.3 is 14.6 Å². The van der Waals surface area contributed by atoms with E-state index in [0.29, 0.717) is 13.2 Å². The van der Waals surface area contributed by atoms with Gasteiger partial charge in [-0.1, -0.05) is 6.07 Å². The number of fused-ring (bicyclic) bond motifs is 1. The summed E-state index contributed by atoms with van der Waals surface area (Å²) in [6, 6.07) is 11.7. The van der Waals surface area contributed by atoms with Gasteiger partial charge in [-0.15, -0.1) is 0 Å². The van der Waals surface area contributed by atoms with Crippen LogP contribution < -0.4 is 5.32 Å². The monoisotopic (exact) mass is 378 g/mol. The third-order valence-corrected chi connectivity index (χ3v) is 5.35. The average molecular weight is 378 g/mol. The molecule has 1 N–H and O–H groups in total. The van der Waals surface area contributed by atoms with Gasteiger partial charge >= 0.3 is 0 Å². The summed E-state index contributed by atoms with van der Waals surface area (Å²) >= 11 is 0. The highest BCUT2D eigenvalue weighted by Crippen LogP contribution is 2.26. The Hall–Kier alpha value is -2.70. The number of nitrogens with one attached hydrogen (secondary N) is 1. The highest BCUT2D eigenvalue weighted by molar-refractivity contribution is 5.97. The van der Waals surface area contributed by atoms with E-state index in [9.17, 15) is 4.79 Å². The van der Waals surface area contributed by atoms with E-state index in [-0.39, 0.29) is 11.9 Å². The smallest absolute Gasteiger partial charge is 0.246 e. The van der Waals surface area contributed by atoms with Crippen molar-refractivity contribution in [3.05, 3.63) is 60.0 Å². The van der Waals surface area contributed by atoms with E-state index < -0.39 is 0 Å². The number of nitrogens with zero attached hydrogens (tertiary/aromatic N) is 3. The SMILES string of the molecule is CCn1c(C)cc2cc(NC(=O)C(c3cccnc3)N3CCOCC3)ccc21. The second kappa shape index (κ2) is 8.12. The van der Waals surface area contributed by atoms with Crippen LogP contribution in [0.15, 0.2) is 48.8 Å². The molecule has 0 radical (unpaired) electrons. The van der Waals surface area contributed by atoms with E-state index in [1.165, 1.54) is 11.2 Å². The minimum atomic E-state index is -0.379. The lowest BCUT2D eigenvalue weighted by Gasteiger charge is -2.33.